The number of hydrogen-bond donors (Lipinski definition) is 2. The molecule has 0 radical (unpaired) electrons. The molecule has 58 valence electrons. The Balaban J connectivity index is 4.04. The Hall–Kier alpha value is -0.920. The van der Waals surface area contributed by atoms with Gasteiger partial charge in [-0.3, -0.25) is 0 Å². The quantitative estimate of drug-likeness (QED) is 0.583. The highest BCUT2D eigenvalue weighted by atomic mass is 14.6. The molecule has 0 spiro atoms. The predicted octanol–water partition coefficient (Wildman–Crippen LogP) is 1.49. The van der Waals surface area contributed by atoms with Crippen molar-refractivity contribution < 1.29 is 0 Å². The first-order chi connectivity index (χ1) is 4.72. The SMILES string of the molecule is CCC/C(C)=C(N)\C=C/N. The molecule has 4 N–H and O–H groups in total. The van der Waals surface area contributed by atoms with Gasteiger partial charge in [-0.1, -0.05) is 18.9 Å². The fraction of sp³-hybridized carbons (Fsp3) is 0.500. The highest BCUT2D eigenvalue weighted by molar-refractivity contribution is 5.20. The zero-order chi connectivity index (χ0) is 7.98. The summed E-state index contributed by atoms with van der Waals surface area (Å²) in [6.07, 6.45) is 5.38. The van der Waals surface area contributed by atoms with Gasteiger partial charge in [0.05, 0.1) is 0 Å². The van der Waals surface area contributed by atoms with Crippen LogP contribution >= 0.6 is 0 Å². The lowest BCUT2D eigenvalue weighted by Gasteiger charge is -1.99. The van der Waals surface area contributed by atoms with Gasteiger partial charge in [0.15, 0.2) is 0 Å². The summed E-state index contributed by atoms with van der Waals surface area (Å²) in [6.45, 7) is 4.15. The first kappa shape index (κ1) is 9.08. The summed E-state index contributed by atoms with van der Waals surface area (Å²) in [4.78, 5) is 0. The van der Waals surface area contributed by atoms with E-state index in [1.54, 1.807) is 6.08 Å². The molecule has 0 amide bonds. The van der Waals surface area contributed by atoms with E-state index in [0.29, 0.717) is 0 Å². The number of hydrogen-bond acceptors (Lipinski definition) is 2. The lowest BCUT2D eigenvalue weighted by atomic mass is 10.1. The van der Waals surface area contributed by atoms with Crippen LogP contribution in [0.4, 0.5) is 0 Å². The fourth-order valence-electron chi connectivity index (χ4n) is 0.765. The van der Waals surface area contributed by atoms with E-state index in [1.807, 2.05) is 6.92 Å². The molecule has 10 heavy (non-hydrogen) atoms. The Labute approximate surface area is 62.6 Å². The molecule has 0 aromatic heterocycles. The summed E-state index contributed by atoms with van der Waals surface area (Å²) < 4.78 is 0. The topological polar surface area (TPSA) is 52.0 Å². The molecule has 0 aliphatic rings. The van der Waals surface area contributed by atoms with E-state index in [0.717, 1.165) is 18.5 Å². The van der Waals surface area contributed by atoms with Gasteiger partial charge >= 0.3 is 0 Å². The van der Waals surface area contributed by atoms with Crippen LogP contribution in [0.1, 0.15) is 26.7 Å². The molecule has 0 heterocycles. The Kier molecular flexibility index (Phi) is 4.46. The van der Waals surface area contributed by atoms with E-state index in [1.165, 1.54) is 11.8 Å². The molecule has 2 heteroatoms. The van der Waals surface area contributed by atoms with Crippen LogP contribution in [-0.4, -0.2) is 0 Å². The normalized spacial score (nSPS) is 13.8. The Morgan fingerprint density at radius 1 is 1.50 bits per heavy atom. The summed E-state index contributed by atoms with van der Waals surface area (Å²) in [6, 6.07) is 0. The van der Waals surface area contributed by atoms with Gasteiger partial charge < -0.3 is 11.5 Å². The minimum absolute atomic E-state index is 0.796. The Bertz CT molecular complexity index is 145. The maximum absolute atomic E-state index is 5.63. The number of nitrogens with two attached hydrogens (primary N) is 2. The maximum Gasteiger partial charge on any atom is 0.0317 e. The lowest BCUT2D eigenvalue weighted by molar-refractivity contribution is 0.892. The number of rotatable bonds is 3. The van der Waals surface area contributed by atoms with E-state index in [-0.39, 0.29) is 0 Å². The third-order valence-corrected chi connectivity index (χ3v) is 1.39. The second kappa shape index (κ2) is 4.91. The first-order valence-electron chi connectivity index (χ1n) is 3.55. The van der Waals surface area contributed by atoms with Gasteiger partial charge in [-0.15, -0.1) is 0 Å². The highest BCUT2D eigenvalue weighted by Crippen LogP contribution is 2.06. The van der Waals surface area contributed by atoms with Crippen LogP contribution in [-0.2, 0) is 0 Å². The molecule has 0 atom stereocenters. The van der Waals surface area contributed by atoms with Gasteiger partial charge in [0, 0.05) is 5.70 Å². The van der Waals surface area contributed by atoms with Crippen molar-refractivity contribution in [2.45, 2.75) is 26.7 Å². The molecular formula is C8H16N2. The summed E-state index contributed by atoms with van der Waals surface area (Å²) in [5, 5.41) is 0. The van der Waals surface area contributed by atoms with Gasteiger partial charge in [0.2, 0.25) is 0 Å². The fourth-order valence-corrected chi connectivity index (χ4v) is 0.765. The van der Waals surface area contributed by atoms with Gasteiger partial charge in [0.25, 0.3) is 0 Å². The molecule has 0 fully saturated rings. The molecular weight excluding hydrogens is 124 g/mol. The van der Waals surface area contributed by atoms with Gasteiger partial charge in [-0.2, -0.15) is 0 Å². The van der Waals surface area contributed by atoms with Crippen molar-refractivity contribution >= 4 is 0 Å². The van der Waals surface area contributed by atoms with Crippen LogP contribution in [0.15, 0.2) is 23.5 Å². The second-order valence-corrected chi connectivity index (χ2v) is 2.34. The molecule has 0 bridgehead atoms. The van der Waals surface area contributed by atoms with Crippen molar-refractivity contribution in [3.63, 3.8) is 0 Å². The summed E-state index contributed by atoms with van der Waals surface area (Å²) >= 11 is 0. The molecule has 0 aromatic carbocycles. The van der Waals surface area contributed by atoms with E-state index in [2.05, 4.69) is 6.92 Å². The molecule has 0 saturated carbocycles. The van der Waals surface area contributed by atoms with Crippen LogP contribution in [0, 0.1) is 0 Å². The molecule has 0 aliphatic heterocycles. The second-order valence-electron chi connectivity index (χ2n) is 2.34. The first-order valence-corrected chi connectivity index (χ1v) is 3.55. The van der Waals surface area contributed by atoms with Crippen molar-refractivity contribution in [3.8, 4) is 0 Å². The zero-order valence-electron chi connectivity index (χ0n) is 6.72. The average molecular weight is 140 g/mol. The van der Waals surface area contributed by atoms with Crippen molar-refractivity contribution in [3.05, 3.63) is 23.5 Å². The summed E-state index contributed by atoms with van der Waals surface area (Å²) in [5.41, 5.74) is 12.8. The third kappa shape index (κ3) is 3.17. The van der Waals surface area contributed by atoms with Crippen molar-refractivity contribution in [1.82, 2.24) is 0 Å². The van der Waals surface area contributed by atoms with Crippen LogP contribution in [0.3, 0.4) is 0 Å². The van der Waals surface area contributed by atoms with E-state index in [4.69, 9.17) is 11.5 Å². The lowest BCUT2D eigenvalue weighted by Crippen LogP contribution is -1.98. The summed E-state index contributed by atoms with van der Waals surface area (Å²) in [5.74, 6) is 0. The molecule has 2 nitrogen and oxygen atoms in total. The highest BCUT2D eigenvalue weighted by Gasteiger charge is 1.90. The molecule has 0 saturated heterocycles. The average Bonchev–Trinajstić information content (AvgIpc) is 1.89. The van der Waals surface area contributed by atoms with Gasteiger partial charge in [-0.05, 0) is 25.6 Å². The van der Waals surface area contributed by atoms with Crippen molar-refractivity contribution in [2.75, 3.05) is 0 Å². The molecule has 0 aromatic rings. The Morgan fingerprint density at radius 3 is 2.50 bits per heavy atom. The van der Waals surface area contributed by atoms with Gasteiger partial charge in [0.1, 0.15) is 0 Å². The molecule has 0 aliphatic carbocycles. The smallest absolute Gasteiger partial charge is 0.0317 e. The predicted molar refractivity (Wildman–Crippen MR) is 45.1 cm³/mol. The largest absolute Gasteiger partial charge is 0.405 e. The number of allylic oxidation sites excluding steroid dienone is 2. The Morgan fingerprint density at radius 2 is 2.10 bits per heavy atom. The maximum atomic E-state index is 5.63. The third-order valence-electron chi connectivity index (χ3n) is 1.39. The van der Waals surface area contributed by atoms with Crippen LogP contribution in [0.2, 0.25) is 0 Å². The van der Waals surface area contributed by atoms with Gasteiger partial charge in [-0.25, -0.2) is 0 Å². The van der Waals surface area contributed by atoms with Crippen LogP contribution in [0.25, 0.3) is 0 Å². The van der Waals surface area contributed by atoms with E-state index in [9.17, 15) is 0 Å². The molecule has 0 rings (SSSR count). The monoisotopic (exact) mass is 140 g/mol. The van der Waals surface area contributed by atoms with Crippen LogP contribution < -0.4 is 11.5 Å². The van der Waals surface area contributed by atoms with Crippen molar-refractivity contribution in [1.29, 1.82) is 0 Å². The minimum atomic E-state index is 0.796. The molecule has 0 unspecified atom stereocenters. The standard InChI is InChI=1S/C8H16N2/c1-3-4-7(2)8(10)5-6-9/h5-6H,3-4,9-10H2,1-2H3/b6-5-,8-7+. The van der Waals surface area contributed by atoms with E-state index < -0.39 is 0 Å². The van der Waals surface area contributed by atoms with E-state index >= 15 is 0 Å². The summed E-state index contributed by atoms with van der Waals surface area (Å²) in [7, 11) is 0. The minimum Gasteiger partial charge on any atom is -0.405 e. The van der Waals surface area contributed by atoms with Crippen LogP contribution in [0.5, 0.6) is 0 Å². The zero-order valence-corrected chi connectivity index (χ0v) is 6.72. The van der Waals surface area contributed by atoms with Crippen molar-refractivity contribution in [2.24, 2.45) is 11.5 Å².